The van der Waals surface area contributed by atoms with Gasteiger partial charge in [-0.25, -0.2) is 13.6 Å². The number of benzene rings is 1. The summed E-state index contributed by atoms with van der Waals surface area (Å²) in [5.74, 6) is -2.69. The molecule has 0 fully saturated rings. The van der Waals surface area contributed by atoms with Crippen LogP contribution in [0.1, 0.15) is 31.5 Å². The van der Waals surface area contributed by atoms with Crippen LogP contribution in [0.25, 0.3) is 11.3 Å². The van der Waals surface area contributed by atoms with E-state index in [4.69, 9.17) is 5.73 Å². The van der Waals surface area contributed by atoms with Crippen molar-refractivity contribution in [1.82, 2.24) is 20.0 Å². The van der Waals surface area contributed by atoms with Gasteiger partial charge in [0, 0.05) is 30.6 Å². The SMILES string of the molecule is CC[C@H](C)[C@H](NC(=O)n1nc(-c2ccc(F)c(F)c2)c2c1CCN(C)C2)C(N)=O. The number of aromatic nitrogens is 2. The molecular formula is C20H25F2N5O2. The van der Waals surface area contributed by atoms with E-state index >= 15 is 0 Å². The number of hydrogen-bond donors (Lipinski definition) is 2. The van der Waals surface area contributed by atoms with E-state index < -0.39 is 29.6 Å². The van der Waals surface area contributed by atoms with Gasteiger partial charge in [-0.1, -0.05) is 20.3 Å². The van der Waals surface area contributed by atoms with Crippen molar-refractivity contribution >= 4 is 11.9 Å². The van der Waals surface area contributed by atoms with E-state index in [2.05, 4.69) is 15.3 Å². The molecule has 3 N–H and O–H groups in total. The molecule has 7 nitrogen and oxygen atoms in total. The Morgan fingerprint density at radius 2 is 2.03 bits per heavy atom. The van der Waals surface area contributed by atoms with Crippen LogP contribution >= 0.6 is 0 Å². The van der Waals surface area contributed by atoms with Gasteiger partial charge in [0.1, 0.15) is 6.04 Å². The predicted octanol–water partition coefficient (Wildman–Crippen LogP) is 2.27. The standard InChI is InChI=1S/C20H25F2N5O2/c1-4-11(2)17(19(23)28)24-20(29)27-16-7-8-26(3)10-13(16)18(25-27)12-5-6-14(21)15(22)9-12/h5-6,9,11,17H,4,7-8,10H2,1-3H3,(H2,23,28)(H,24,29)/t11-,17-/m0/s1. The summed E-state index contributed by atoms with van der Waals surface area (Å²) in [5.41, 5.74) is 7.72. The number of fused-ring (bicyclic) bond motifs is 1. The summed E-state index contributed by atoms with van der Waals surface area (Å²) in [6.45, 7) is 4.96. The van der Waals surface area contributed by atoms with E-state index in [0.29, 0.717) is 42.9 Å². The minimum Gasteiger partial charge on any atom is -0.368 e. The van der Waals surface area contributed by atoms with Crippen LogP contribution in [0.3, 0.4) is 0 Å². The van der Waals surface area contributed by atoms with Crippen LogP contribution in [-0.4, -0.2) is 46.3 Å². The molecule has 1 aromatic carbocycles. The first-order chi connectivity index (χ1) is 13.7. The number of nitrogens with zero attached hydrogens (tertiary/aromatic N) is 3. The molecule has 156 valence electrons. The normalized spacial score (nSPS) is 16.2. The lowest BCUT2D eigenvalue weighted by atomic mass is 9.99. The highest BCUT2D eigenvalue weighted by Crippen LogP contribution is 2.30. The van der Waals surface area contributed by atoms with Crippen molar-refractivity contribution in [2.24, 2.45) is 11.7 Å². The minimum atomic E-state index is -0.982. The summed E-state index contributed by atoms with van der Waals surface area (Å²) >= 11 is 0. The van der Waals surface area contributed by atoms with Crippen molar-refractivity contribution in [2.75, 3.05) is 13.6 Å². The third kappa shape index (κ3) is 4.14. The van der Waals surface area contributed by atoms with Gasteiger partial charge in [-0.05, 0) is 31.2 Å². The van der Waals surface area contributed by atoms with Crippen molar-refractivity contribution in [1.29, 1.82) is 0 Å². The van der Waals surface area contributed by atoms with Gasteiger partial charge in [-0.3, -0.25) is 4.79 Å². The van der Waals surface area contributed by atoms with Crippen LogP contribution < -0.4 is 11.1 Å². The number of carbonyl (C=O) groups excluding carboxylic acids is 2. The molecule has 0 saturated carbocycles. The second kappa shape index (κ2) is 8.28. The van der Waals surface area contributed by atoms with E-state index in [1.165, 1.54) is 10.7 Å². The molecule has 2 heterocycles. The Kier molecular flexibility index (Phi) is 5.97. The summed E-state index contributed by atoms with van der Waals surface area (Å²) in [6.07, 6.45) is 1.22. The molecule has 0 radical (unpaired) electrons. The van der Waals surface area contributed by atoms with Gasteiger partial charge in [-0.2, -0.15) is 9.78 Å². The molecule has 0 unspecified atom stereocenters. The Morgan fingerprint density at radius 3 is 2.66 bits per heavy atom. The number of primary amides is 1. The van der Waals surface area contributed by atoms with Crippen LogP contribution in [0.4, 0.5) is 13.6 Å². The van der Waals surface area contributed by atoms with Gasteiger partial charge in [0.05, 0.1) is 11.4 Å². The van der Waals surface area contributed by atoms with E-state index in [9.17, 15) is 18.4 Å². The van der Waals surface area contributed by atoms with Gasteiger partial charge in [0.15, 0.2) is 11.6 Å². The van der Waals surface area contributed by atoms with E-state index in [1.54, 1.807) is 0 Å². The topological polar surface area (TPSA) is 93.2 Å². The number of amides is 2. The molecule has 0 aliphatic carbocycles. The van der Waals surface area contributed by atoms with Gasteiger partial charge in [0.25, 0.3) is 0 Å². The highest BCUT2D eigenvalue weighted by molar-refractivity contribution is 5.87. The van der Waals surface area contributed by atoms with E-state index in [1.807, 2.05) is 20.9 Å². The molecule has 2 atom stereocenters. The second-order valence-corrected chi connectivity index (χ2v) is 7.52. The zero-order valence-electron chi connectivity index (χ0n) is 16.7. The van der Waals surface area contributed by atoms with Crippen LogP contribution in [0.5, 0.6) is 0 Å². The molecule has 3 rings (SSSR count). The Bertz CT molecular complexity index is 943. The first-order valence-electron chi connectivity index (χ1n) is 9.57. The molecule has 1 aromatic heterocycles. The van der Waals surface area contributed by atoms with Crippen LogP contribution in [-0.2, 0) is 17.8 Å². The first-order valence-corrected chi connectivity index (χ1v) is 9.57. The van der Waals surface area contributed by atoms with Gasteiger partial charge < -0.3 is 16.0 Å². The van der Waals surface area contributed by atoms with Crippen LogP contribution in [0.2, 0.25) is 0 Å². The fourth-order valence-corrected chi connectivity index (χ4v) is 3.52. The molecule has 9 heteroatoms. The first kappa shape index (κ1) is 20.9. The summed E-state index contributed by atoms with van der Waals surface area (Å²) in [6, 6.07) is 2.15. The quantitative estimate of drug-likeness (QED) is 0.798. The monoisotopic (exact) mass is 405 g/mol. The largest absolute Gasteiger partial charge is 0.368 e. The number of carbonyl (C=O) groups is 2. The lowest BCUT2D eigenvalue weighted by Gasteiger charge is -2.24. The number of hydrogen-bond acceptors (Lipinski definition) is 4. The van der Waals surface area contributed by atoms with Crippen molar-refractivity contribution in [3.63, 3.8) is 0 Å². The number of halogens is 2. The summed E-state index contributed by atoms with van der Waals surface area (Å²) < 4.78 is 28.4. The lowest BCUT2D eigenvalue weighted by Crippen LogP contribution is -2.50. The lowest BCUT2D eigenvalue weighted by molar-refractivity contribution is -0.120. The predicted molar refractivity (Wildman–Crippen MR) is 104 cm³/mol. The molecule has 0 spiro atoms. The molecular weight excluding hydrogens is 380 g/mol. The maximum absolute atomic E-state index is 13.8. The Hall–Kier alpha value is -2.81. The Morgan fingerprint density at radius 1 is 1.31 bits per heavy atom. The van der Waals surface area contributed by atoms with E-state index in [0.717, 1.165) is 17.7 Å². The zero-order valence-corrected chi connectivity index (χ0v) is 16.7. The maximum Gasteiger partial charge on any atom is 0.342 e. The molecule has 0 saturated heterocycles. The Balaban J connectivity index is 2.02. The molecule has 29 heavy (non-hydrogen) atoms. The minimum absolute atomic E-state index is 0.139. The zero-order chi connectivity index (χ0) is 21.3. The van der Waals surface area contributed by atoms with Crippen LogP contribution in [0.15, 0.2) is 18.2 Å². The summed E-state index contributed by atoms with van der Waals surface area (Å²) in [5, 5.41) is 7.07. The number of nitrogens with one attached hydrogen (secondary N) is 1. The molecule has 1 aliphatic heterocycles. The maximum atomic E-state index is 13.8. The number of rotatable bonds is 5. The average molecular weight is 405 g/mol. The van der Waals surface area contributed by atoms with Gasteiger partial charge in [0.2, 0.25) is 5.91 Å². The third-order valence-electron chi connectivity index (χ3n) is 5.43. The fourth-order valence-electron chi connectivity index (χ4n) is 3.52. The molecule has 0 bridgehead atoms. The van der Waals surface area contributed by atoms with Crippen molar-refractivity contribution in [3.8, 4) is 11.3 Å². The summed E-state index contributed by atoms with van der Waals surface area (Å²) in [4.78, 5) is 26.8. The van der Waals surface area contributed by atoms with Crippen molar-refractivity contribution in [2.45, 2.75) is 39.3 Å². The fraction of sp³-hybridized carbons (Fsp3) is 0.450. The third-order valence-corrected chi connectivity index (χ3v) is 5.43. The average Bonchev–Trinajstić information content (AvgIpc) is 3.06. The molecule has 2 amide bonds. The van der Waals surface area contributed by atoms with Crippen molar-refractivity contribution < 1.29 is 18.4 Å². The second-order valence-electron chi connectivity index (χ2n) is 7.52. The molecule has 2 aromatic rings. The van der Waals surface area contributed by atoms with Gasteiger partial charge >= 0.3 is 6.03 Å². The highest BCUT2D eigenvalue weighted by Gasteiger charge is 2.30. The van der Waals surface area contributed by atoms with Crippen LogP contribution in [0, 0.1) is 17.6 Å². The van der Waals surface area contributed by atoms with Gasteiger partial charge in [-0.15, -0.1) is 0 Å². The number of likely N-dealkylation sites (N-methyl/N-ethyl adjacent to an activating group) is 1. The molecule has 1 aliphatic rings. The summed E-state index contributed by atoms with van der Waals surface area (Å²) in [7, 11) is 1.93. The highest BCUT2D eigenvalue weighted by atomic mass is 19.2. The smallest absolute Gasteiger partial charge is 0.342 e. The van der Waals surface area contributed by atoms with E-state index in [-0.39, 0.29) is 5.92 Å². The number of nitrogens with two attached hydrogens (primary N) is 1. The Labute approximate surface area is 167 Å². The van der Waals surface area contributed by atoms with Crippen molar-refractivity contribution in [3.05, 3.63) is 41.1 Å².